The van der Waals surface area contributed by atoms with E-state index in [1.807, 2.05) is 12.1 Å². The van der Waals surface area contributed by atoms with Crippen LogP contribution in [0.5, 0.6) is 5.75 Å². The van der Waals surface area contributed by atoms with Crippen molar-refractivity contribution < 1.29 is 17.6 Å². The lowest BCUT2D eigenvalue weighted by atomic mass is 9.99. The number of piperidine rings is 1. The molecule has 2 aliphatic rings. The summed E-state index contributed by atoms with van der Waals surface area (Å²) in [6, 6.07) is 13.0. The molecule has 0 amide bonds. The highest BCUT2D eigenvalue weighted by Crippen LogP contribution is 2.31. The molecule has 3 aromatic rings. The Hall–Kier alpha value is -2.17. The summed E-state index contributed by atoms with van der Waals surface area (Å²) in [4.78, 5) is 14.8. The van der Waals surface area contributed by atoms with E-state index in [0.29, 0.717) is 49.2 Å². The molecule has 1 saturated heterocycles. The Labute approximate surface area is 207 Å². The van der Waals surface area contributed by atoms with Crippen molar-refractivity contribution in [3.8, 4) is 5.75 Å². The van der Waals surface area contributed by atoms with Crippen LogP contribution < -0.4 is 10.2 Å². The minimum absolute atomic E-state index is 0.167. The van der Waals surface area contributed by atoms with Crippen molar-refractivity contribution in [2.75, 3.05) is 19.7 Å². The number of rotatable bonds is 7. The first-order chi connectivity index (χ1) is 16.4. The van der Waals surface area contributed by atoms with Crippen molar-refractivity contribution in [3.63, 3.8) is 0 Å². The quantitative estimate of drug-likeness (QED) is 0.461. The molecule has 5 rings (SSSR count). The van der Waals surface area contributed by atoms with Gasteiger partial charge in [0.2, 0.25) is 11.2 Å². The molecule has 0 radical (unpaired) electrons. The standard InChI is InChI=1S/C24H25ClN2O5S2/c25-23-5-6-24(33-23)34(29,30)27-9-7-17(8-10-27)15-32-22-16-31-20(11-21(22)28)14-26-12-18-3-1-2-4-19(18)13-26/h1-6,11,16-17H,7-10,12-15H2. The molecule has 0 unspecified atom stereocenters. The van der Waals surface area contributed by atoms with Crippen LogP contribution in [-0.4, -0.2) is 37.3 Å². The lowest BCUT2D eigenvalue weighted by Crippen LogP contribution is -2.39. The molecule has 34 heavy (non-hydrogen) atoms. The Bertz CT molecular complexity index is 1300. The molecule has 1 aromatic carbocycles. The Morgan fingerprint density at radius 3 is 2.41 bits per heavy atom. The molecule has 0 atom stereocenters. The maximum absolute atomic E-state index is 12.7. The smallest absolute Gasteiger partial charge is 0.252 e. The van der Waals surface area contributed by atoms with Gasteiger partial charge in [-0.2, -0.15) is 4.31 Å². The highest BCUT2D eigenvalue weighted by molar-refractivity contribution is 7.91. The zero-order valence-electron chi connectivity index (χ0n) is 18.5. The topological polar surface area (TPSA) is 80.1 Å². The van der Waals surface area contributed by atoms with Crippen molar-refractivity contribution in [2.24, 2.45) is 5.92 Å². The second-order valence-corrected chi connectivity index (χ2v) is 12.6. The van der Waals surface area contributed by atoms with E-state index >= 15 is 0 Å². The zero-order valence-corrected chi connectivity index (χ0v) is 20.9. The van der Waals surface area contributed by atoms with E-state index in [4.69, 9.17) is 20.8 Å². The molecule has 7 nitrogen and oxygen atoms in total. The van der Waals surface area contributed by atoms with Gasteiger partial charge >= 0.3 is 0 Å². The van der Waals surface area contributed by atoms with Crippen LogP contribution >= 0.6 is 22.9 Å². The highest BCUT2D eigenvalue weighted by atomic mass is 35.5. The molecule has 4 heterocycles. The largest absolute Gasteiger partial charge is 0.486 e. The minimum Gasteiger partial charge on any atom is -0.486 e. The predicted octanol–water partition coefficient (Wildman–Crippen LogP) is 4.35. The molecule has 180 valence electrons. The normalized spacial score (nSPS) is 17.7. The first-order valence-electron chi connectivity index (χ1n) is 11.2. The SMILES string of the molecule is O=c1cc(CN2Cc3ccccc3C2)occ1OCC1CCN(S(=O)(=O)c2ccc(Cl)s2)CC1. The number of thiophene rings is 1. The first kappa shape index (κ1) is 23.6. The number of sulfonamides is 1. The molecule has 2 aromatic heterocycles. The van der Waals surface area contributed by atoms with Crippen molar-refractivity contribution in [1.29, 1.82) is 0 Å². The van der Waals surface area contributed by atoms with E-state index < -0.39 is 10.0 Å². The van der Waals surface area contributed by atoms with Gasteiger partial charge in [0.25, 0.3) is 10.0 Å². The molecule has 2 aliphatic heterocycles. The fourth-order valence-electron chi connectivity index (χ4n) is 4.45. The van der Waals surface area contributed by atoms with Gasteiger partial charge in [-0.1, -0.05) is 35.9 Å². The van der Waals surface area contributed by atoms with E-state index in [9.17, 15) is 13.2 Å². The molecule has 10 heteroatoms. The fourth-order valence-corrected chi connectivity index (χ4v) is 7.56. The van der Waals surface area contributed by atoms with E-state index in [0.717, 1.165) is 24.4 Å². The monoisotopic (exact) mass is 520 g/mol. The average Bonchev–Trinajstić information content (AvgIpc) is 3.45. The van der Waals surface area contributed by atoms with Crippen LogP contribution in [0.1, 0.15) is 29.7 Å². The number of ether oxygens (including phenoxy) is 1. The summed E-state index contributed by atoms with van der Waals surface area (Å²) < 4.78 is 39.1. The van der Waals surface area contributed by atoms with Crippen LogP contribution in [0.25, 0.3) is 0 Å². The summed E-state index contributed by atoms with van der Waals surface area (Å²) in [5.41, 5.74) is 2.42. The predicted molar refractivity (Wildman–Crippen MR) is 131 cm³/mol. The number of hydrogen-bond acceptors (Lipinski definition) is 7. The van der Waals surface area contributed by atoms with E-state index in [1.165, 1.54) is 27.8 Å². The Balaban J connectivity index is 1.12. The highest BCUT2D eigenvalue weighted by Gasteiger charge is 2.31. The maximum atomic E-state index is 12.7. The summed E-state index contributed by atoms with van der Waals surface area (Å²) in [6.45, 7) is 3.42. The summed E-state index contributed by atoms with van der Waals surface area (Å²) >= 11 is 6.96. The van der Waals surface area contributed by atoms with Crippen molar-refractivity contribution in [1.82, 2.24) is 9.21 Å². The minimum atomic E-state index is -3.51. The third kappa shape index (κ3) is 5.08. The van der Waals surface area contributed by atoms with Crippen molar-refractivity contribution in [2.45, 2.75) is 36.7 Å². The van der Waals surface area contributed by atoms with E-state index in [1.54, 1.807) is 12.1 Å². The van der Waals surface area contributed by atoms with Crippen LogP contribution in [0.4, 0.5) is 0 Å². The molecule has 0 N–H and O–H groups in total. The maximum Gasteiger partial charge on any atom is 0.252 e. The van der Waals surface area contributed by atoms with Gasteiger partial charge in [0, 0.05) is 32.2 Å². The van der Waals surface area contributed by atoms with Crippen molar-refractivity contribution >= 4 is 33.0 Å². The average molecular weight is 521 g/mol. The van der Waals surface area contributed by atoms with Crippen LogP contribution in [0, 0.1) is 5.92 Å². The Kier molecular flexibility index (Phi) is 6.81. The molecule has 0 spiro atoms. The second kappa shape index (κ2) is 9.83. The van der Waals surface area contributed by atoms with Crippen molar-refractivity contribution in [3.05, 3.63) is 80.2 Å². The number of hydrogen-bond donors (Lipinski definition) is 0. The second-order valence-electron chi connectivity index (χ2n) is 8.71. The lowest BCUT2D eigenvalue weighted by molar-refractivity contribution is 0.180. The summed E-state index contributed by atoms with van der Waals surface area (Å²) in [5, 5.41) is 0. The number of nitrogens with zero attached hydrogens (tertiary/aromatic N) is 2. The summed E-state index contributed by atoms with van der Waals surface area (Å²) in [5.74, 6) is 0.967. The third-order valence-electron chi connectivity index (χ3n) is 6.33. The van der Waals surface area contributed by atoms with E-state index in [2.05, 4.69) is 17.0 Å². The zero-order chi connectivity index (χ0) is 23.7. The Morgan fingerprint density at radius 2 is 1.79 bits per heavy atom. The van der Waals surface area contributed by atoms with Gasteiger partial charge in [-0.05, 0) is 42.0 Å². The van der Waals surface area contributed by atoms with Gasteiger partial charge in [-0.3, -0.25) is 9.69 Å². The number of halogens is 1. The van der Waals surface area contributed by atoms with Crippen LogP contribution in [0.3, 0.4) is 0 Å². The van der Waals surface area contributed by atoms with Crippen LogP contribution in [0.2, 0.25) is 4.34 Å². The van der Waals surface area contributed by atoms with Gasteiger partial charge in [-0.15, -0.1) is 11.3 Å². The van der Waals surface area contributed by atoms with Gasteiger partial charge in [0.15, 0.2) is 0 Å². The first-order valence-corrected chi connectivity index (χ1v) is 13.8. The van der Waals surface area contributed by atoms with Gasteiger partial charge < -0.3 is 9.15 Å². The lowest BCUT2D eigenvalue weighted by Gasteiger charge is -2.30. The van der Waals surface area contributed by atoms with Crippen LogP contribution in [-0.2, 0) is 29.7 Å². The number of fused-ring (bicyclic) bond motifs is 1. The molecule has 1 fully saturated rings. The summed E-state index contributed by atoms with van der Waals surface area (Å²) in [6.07, 6.45) is 2.72. The molecule has 0 saturated carbocycles. The molecule has 0 bridgehead atoms. The van der Waals surface area contributed by atoms with Gasteiger partial charge in [0.1, 0.15) is 16.2 Å². The van der Waals surface area contributed by atoms with E-state index in [-0.39, 0.29) is 21.3 Å². The third-order valence-corrected chi connectivity index (χ3v) is 9.93. The van der Waals surface area contributed by atoms with Gasteiger partial charge in [-0.25, -0.2) is 8.42 Å². The fraction of sp³-hybridized carbons (Fsp3) is 0.375. The number of benzene rings is 1. The summed E-state index contributed by atoms with van der Waals surface area (Å²) in [7, 11) is -3.51. The molecular formula is C24H25ClN2O5S2. The van der Waals surface area contributed by atoms with Gasteiger partial charge in [0.05, 0.1) is 17.5 Å². The molecule has 0 aliphatic carbocycles. The van der Waals surface area contributed by atoms with Crippen LogP contribution in [0.15, 0.2) is 62.1 Å². The molecular weight excluding hydrogens is 496 g/mol. The Morgan fingerprint density at radius 1 is 1.09 bits per heavy atom.